The molecule has 0 aliphatic rings. The Hall–Kier alpha value is -2.60. The smallest absolute Gasteiger partial charge is 0.262 e. The van der Waals surface area contributed by atoms with Gasteiger partial charge in [0.1, 0.15) is 0 Å². The lowest BCUT2D eigenvalue weighted by Crippen LogP contribution is -2.23. The Morgan fingerprint density at radius 3 is 2.56 bits per heavy atom. The number of aromatic nitrogens is 2. The van der Waals surface area contributed by atoms with Crippen molar-refractivity contribution in [1.82, 2.24) is 9.55 Å². The Balaban J connectivity index is 1.90. The second-order valence-electron chi connectivity index (χ2n) is 5.72. The number of nitrogens with zero attached hydrogens (tertiary/aromatic N) is 2. The predicted molar refractivity (Wildman–Crippen MR) is 101 cm³/mol. The zero-order chi connectivity index (χ0) is 17.8. The molecule has 0 atom stereocenters. The molecule has 5 nitrogen and oxygen atoms in total. The Bertz CT molecular complexity index is 965. The van der Waals surface area contributed by atoms with E-state index in [9.17, 15) is 9.59 Å². The molecule has 3 rings (SSSR count). The summed E-state index contributed by atoms with van der Waals surface area (Å²) in [5.41, 5.74) is 7.50. The summed E-state index contributed by atoms with van der Waals surface area (Å²) in [4.78, 5) is 28.5. The first-order valence-corrected chi connectivity index (χ1v) is 9.10. The molecule has 2 N–H and O–H groups in total. The fraction of sp³-hybridized carbons (Fsp3) is 0.211. The average molecular weight is 353 g/mol. The molecule has 3 aromatic rings. The maximum Gasteiger partial charge on any atom is 0.262 e. The molecule has 0 aliphatic heterocycles. The summed E-state index contributed by atoms with van der Waals surface area (Å²) in [6.45, 7) is 2.68. The summed E-state index contributed by atoms with van der Waals surface area (Å²) >= 11 is 1.52. The average Bonchev–Trinajstić information content (AvgIpc) is 2.63. The van der Waals surface area contributed by atoms with E-state index in [0.29, 0.717) is 33.9 Å². The van der Waals surface area contributed by atoms with Crippen LogP contribution in [-0.2, 0) is 12.3 Å². The number of carbonyl (C=O) groups excluding carboxylic acids is 1. The molecular weight excluding hydrogens is 334 g/mol. The van der Waals surface area contributed by atoms with Crippen LogP contribution in [0.3, 0.4) is 0 Å². The molecule has 0 spiro atoms. The van der Waals surface area contributed by atoms with Gasteiger partial charge in [0.15, 0.2) is 5.16 Å². The lowest BCUT2D eigenvalue weighted by Gasteiger charge is -2.12. The van der Waals surface area contributed by atoms with Crippen molar-refractivity contribution in [1.29, 1.82) is 0 Å². The van der Waals surface area contributed by atoms with Crippen molar-refractivity contribution in [3.05, 3.63) is 70.0 Å². The van der Waals surface area contributed by atoms with Crippen LogP contribution >= 0.6 is 11.8 Å². The van der Waals surface area contributed by atoms with E-state index in [4.69, 9.17) is 5.73 Å². The van der Waals surface area contributed by atoms with E-state index in [-0.39, 0.29) is 5.56 Å². The number of rotatable bonds is 6. The fourth-order valence-corrected chi connectivity index (χ4v) is 3.57. The van der Waals surface area contributed by atoms with Crippen molar-refractivity contribution in [3.8, 4) is 0 Å². The molecular formula is C19H19N3O2S. The molecule has 0 unspecified atom stereocenters. The van der Waals surface area contributed by atoms with E-state index in [0.717, 1.165) is 12.0 Å². The molecule has 1 heterocycles. The summed E-state index contributed by atoms with van der Waals surface area (Å²) in [5.74, 6) is 0.222. The largest absolute Gasteiger partial charge is 0.366 e. The van der Waals surface area contributed by atoms with Gasteiger partial charge in [0.2, 0.25) is 5.91 Å². The van der Waals surface area contributed by atoms with Crippen LogP contribution in [0.25, 0.3) is 10.9 Å². The summed E-state index contributed by atoms with van der Waals surface area (Å²) in [7, 11) is 0. The predicted octanol–water partition coefficient (Wildman–Crippen LogP) is 3.20. The van der Waals surface area contributed by atoms with Gasteiger partial charge in [-0.05, 0) is 36.2 Å². The molecule has 1 amide bonds. The first-order valence-electron chi connectivity index (χ1n) is 8.11. The van der Waals surface area contributed by atoms with Gasteiger partial charge in [0.25, 0.3) is 5.56 Å². The van der Waals surface area contributed by atoms with Crippen molar-refractivity contribution in [2.24, 2.45) is 5.73 Å². The van der Waals surface area contributed by atoms with E-state index in [1.807, 2.05) is 43.3 Å². The van der Waals surface area contributed by atoms with Gasteiger partial charge in [-0.25, -0.2) is 4.98 Å². The number of primary amides is 1. The van der Waals surface area contributed by atoms with Gasteiger partial charge in [0.05, 0.1) is 10.9 Å². The normalized spacial score (nSPS) is 10.9. The zero-order valence-corrected chi connectivity index (χ0v) is 14.8. The van der Waals surface area contributed by atoms with Crippen LogP contribution in [0.2, 0.25) is 0 Å². The number of hydrogen-bond donors (Lipinski definition) is 1. The Labute approximate surface area is 149 Å². The van der Waals surface area contributed by atoms with Crippen LogP contribution in [0, 0.1) is 0 Å². The minimum Gasteiger partial charge on any atom is -0.366 e. The van der Waals surface area contributed by atoms with E-state index in [2.05, 4.69) is 4.98 Å². The van der Waals surface area contributed by atoms with Gasteiger partial charge in [-0.2, -0.15) is 0 Å². The third-order valence-electron chi connectivity index (χ3n) is 3.88. The van der Waals surface area contributed by atoms with Crippen molar-refractivity contribution >= 4 is 28.6 Å². The van der Waals surface area contributed by atoms with Crippen LogP contribution in [0.4, 0.5) is 0 Å². The second-order valence-corrected chi connectivity index (χ2v) is 6.66. The number of fused-ring (bicyclic) bond motifs is 1. The molecule has 128 valence electrons. The number of carbonyl (C=O) groups is 1. The lowest BCUT2D eigenvalue weighted by atomic mass is 10.1. The third-order valence-corrected chi connectivity index (χ3v) is 4.93. The lowest BCUT2D eigenvalue weighted by molar-refractivity contribution is 0.100. The third kappa shape index (κ3) is 3.74. The molecule has 0 aliphatic carbocycles. The minimum atomic E-state index is -0.438. The summed E-state index contributed by atoms with van der Waals surface area (Å²) < 4.78 is 1.74. The van der Waals surface area contributed by atoms with Gasteiger partial charge in [0, 0.05) is 17.9 Å². The van der Waals surface area contributed by atoms with Crippen molar-refractivity contribution < 1.29 is 4.79 Å². The van der Waals surface area contributed by atoms with Crippen LogP contribution in [-0.4, -0.2) is 15.5 Å². The standard InChI is InChI=1S/C19H19N3O2S/c1-2-11-22-18(24)15-5-3-4-6-16(15)21-19(22)25-12-13-7-9-14(10-8-13)17(20)23/h3-10H,2,11-12H2,1H3,(H2,20,23). The van der Waals surface area contributed by atoms with Crippen LogP contribution < -0.4 is 11.3 Å². The number of nitrogens with two attached hydrogens (primary N) is 1. The molecule has 0 radical (unpaired) electrons. The van der Waals surface area contributed by atoms with E-state index < -0.39 is 5.91 Å². The van der Waals surface area contributed by atoms with Gasteiger partial charge in [-0.3, -0.25) is 14.2 Å². The molecule has 0 saturated carbocycles. The maximum absolute atomic E-state index is 12.7. The van der Waals surface area contributed by atoms with Crippen LogP contribution in [0.5, 0.6) is 0 Å². The van der Waals surface area contributed by atoms with Gasteiger partial charge >= 0.3 is 0 Å². The Morgan fingerprint density at radius 1 is 1.16 bits per heavy atom. The molecule has 6 heteroatoms. The zero-order valence-electron chi connectivity index (χ0n) is 13.9. The SMILES string of the molecule is CCCn1c(SCc2ccc(C(N)=O)cc2)nc2ccccc2c1=O. The maximum atomic E-state index is 12.7. The molecule has 0 fully saturated rings. The Morgan fingerprint density at radius 2 is 1.88 bits per heavy atom. The van der Waals surface area contributed by atoms with Crippen molar-refractivity contribution in [3.63, 3.8) is 0 Å². The summed E-state index contributed by atoms with van der Waals surface area (Å²) in [6, 6.07) is 14.6. The second kappa shape index (κ2) is 7.53. The highest BCUT2D eigenvalue weighted by atomic mass is 32.2. The van der Waals surface area contributed by atoms with E-state index in [1.54, 1.807) is 16.7 Å². The number of benzene rings is 2. The molecule has 25 heavy (non-hydrogen) atoms. The molecule has 0 saturated heterocycles. The highest BCUT2D eigenvalue weighted by Gasteiger charge is 2.11. The van der Waals surface area contributed by atoms with Gasteiger partial charge in [-0.1, -0.05) is 43.0 Å². The molecule has 1 aromatic heterocycles. The topological polar surface area (TPSA) is 78.0 Å². The van der Waals surface area contributed by atoms with Crippen LogP contribution in [0.1, 0.15) is 29.3 Å². The first-order chi connectivity index (χ1) is 12.1. The van der Waals surface area contributed by atoms with Crippen LogP contribution in [0.15, 0.2) is 58.5 Å². The van der Waals surface area contributed by atoms with Gasteiger partial charge < -0.3 is 5.73 Å². The van der Waals surface area contributed by atoms with Crippen molar-refractivity contribution in [2.75, 3.05) is 0 Å². The fourth-order valence-electron chi connectivity index (χ4n) is 2.59. The number of para-hydroxylation sites is 1. The van der Waals surface area contributed by atoms with E-state index >= 15 is 0 Å². The number of thioether (sulfide) groups is 1. The quantitative estimate of drug-likeness (QED) is 0.545. The molecule has 2 aromatic carbocycles. The Kier molecular flexibility index (Phi) is 5.19. The summed E-state index contributed by atoms with van der Waals surface area (Å²) in [6.07, 6.45) is 0.862. The highest BCUT2D eigenvalue weighted by molar-refractivity contribution is 7.98. The summed E-state index contributed by atoms with van der Waals surface area (Å²) in [5, 5.41) is 1.36. The minimum absolute atomic E-state index is 0.000902. The number of amides is 1. The number of hydrogen-bond acceptors (Lipinski definition) is 4. The monoisotopic (exact) mass is 353 g/mol. The van der Waals surface area contributed by atoms with Crippen molar-refractivity contribution in [2.45, 2.75) is 30.8 Å². The first kappa shape index (κ1) is 17.2. The highest BCUT2D eigenvalue weighted by Crippen LogP contribution is 2.22. The molecule has 0 bridgehead atoms. The van der Waals surface area contributed by atoms with E-state index in [1.165, 1.54) is 11.8 Å². The van der Waals surface area contributed by atoms with Gasteiger partial charge in [-0.15, -0.1) is 0 Å².